The third-order valence-corrected chi connectivity index (χ3v) is 3.32. The van der Waals surface area contributed by atoms with E-state index in [1.54, 1.807) is 42.3 Å². The second-order valence-electron chi connectivity index (χ2n) is 4.60. The van der Waals surface area contributed by atoms with Crippen molar-refractivity contribution in [1.82, 2.24) is 9.78 Å². The maximum absolute atomic E-state index is 11.2. The summed E-state index contributed by atoms with van der Waals surface area (Å²) < 4.78 is 6.87. The van der Waals surface area contributed by atoms with Crippen LogP contribution in [0.4, 0.5) is 5.69 Å². The number of para-hydroxylation sites is 1. The molecule has 2 aromatic carbocycles. The Balaban J connectivity index is 2.16. The number of nitro benzene ring substituents is 1. The van der Waals surface area contributed by atoms with E-state index in [0.717, 1.165) is 5.69 Å². The van der Waals surface area contributed by atoms with Crippen LogP contribution >= 0.6 is 0 Å². The molecule has 1 aromatic heterocycles. The van der Waals surface area contributed by atoms with Crippen molar-refractivity contribution >= 4 is 5.69 Å². The SMILES string of the molecule is COc1cccc(-n2nccc2-c2ccccc2[N+](=O)[O-])c1. The van der Waals surface area contributed by atoms with E-state index in [4.69, 9.17) is 4.74 Å². The highest BCUT2D eigenvalue weighted by molar-refractivity contribution is 5.72. The lowest BCUT2D eigenvalue weighted by Gasteiger charge is -2.09. The van der Waals surface area contributed by atoms with E-state index in [2.05, 4.69) is 5.10 Å². The third-order valence-electron chi connectivity index (χ3n) is 3.32. The molecule has 0 saturated carbocycles. The maximum Gasteiger partial charge on any atom is 0.278 e. The maximum atomic E-state index is 11.2. The van der Waals surface area contributed by atoms with Crippen molar-refractivity contribution in [3.63, 3.8) is 0 Å². The Morgan fingerprint density at radius 3 is 2.73 bits per heavy atom. The molecule has 22 heavy (non-hydrogen) atoms. The predicted octanol–water partition coefficient (Wildman–Crippen LogP) is 3.46. The summed E-state index contributed by atoms with van der Waals surface area (Å²) in [5.74, 6) is 0.696. The second-order valence-corrected chi connectivity index (χ2v) is 4.60. The lowest BCUT2D eigenvalue weighted by atomic mass is 10.1. The largest absolute Gasteiger partial charge is 0.497 e. The zero-order valence-electron chi connectivity index (χ0n) is 11.8. The molecule has 6 nitrogen and oxygen atoms in total. The molecule has 0 saturated heterocycles. The molecule has 0 aliphatic carbocycles. The van der Waals surface area contributed by atoms with Crippen LogP contribution in [0.2, 0.25) is 0 Å². The number of ether oxygens (including phenoxy) is 1. The number of rotatable bonds is 4. The summed E-state index contributed by atoms with van der Waals surface area (Å²) in [4.78, 5) is 10.8. The van der Waals surface area contributed by atoms with E-state index in [9.17, 15) is 10.1 Å². The smallest absolute Gasteiger partial charge is 0.278 e. The van der Waals surface area contributed by atoms with Crippen molar-refractivity contribution < 1.29 is 9.66 Å². The number of methoxy groups -OCH3 is 1. The number of hydrogen-bond acceptors (Lipinski definition) is 4. The van der Waals surface area contributed by atoms with E-state index in [0.29, 0.717) is 17.0 Å². The lowest BCUT2D eigenvalue weighted by Crippen LogP contribution is -2.01. The minimum absolute atomic E-state index is 0.0483. The fourth-order valence-corrected chi connectivity index (χ4v) is 2.30. The van der Waals surface area contributed by atoms with Gasteiger partial charge < -0.3 is 4.74 Å². The molecule has 0 atom stereocenters. The molecule has 0 bridgehead atoms. The number of aromatic nitrogens is 2. The summed E-state index contributed by atoms with van der Waals surface area (Å²) in [5, 5.41) is 15.5. The Kier molecular flexibility index (Phi) is 3.57. The summed E-state index contributed by atoms with van der Waals surface area (Å²) in [7, 11) is 1.59. The molecule has 0 N–H and O–H groups in total. The number of nitro groups is 1. The second kappa shape index (κ2) is 5.69. The zero-order chi connectivity index (χ0) is 15.5. The molecule has 3 aromatic rings. The predicted molar refractivity (Wildman–Crippen MR) is 82.2 cm³/mol. The molecule has 0 spiro atoms. The van der Waals surface area contributed by atoms with Gasteiger partial charge in [0.1, 0.15) is 5.75 Å². The highest BCUT2D eigenvalue weighted by Gasteiger charge is 2.18. The topological polar surface area (TPSA) is 70.2 Å². The lowest BCUT2D eigenvalue weighted by molar-refractivity contribution is -0.384. The molecule has 3 rings (SSSR count). The molecule has 0 fully saturated rings. The summed E-state index contributed by atoms with van der Waals surface area (Å²) in [6.45, 7) is 0. The molecule has 0 unspecified atom stereocenters. The van der Waals surface area contributed by atoms with Gasteiger partial charge in [-0.3, -0.25) is 10.1 Å². The van der Waals surface area contributed by atoms with Crippen LogP contribution in [0.3, 0.4) is 0 Å². The number of nitrogens with zero attached hydrogens (tertiary/aromatic N) is 3. The monoisotopic (exact) mass is 295 g/mol. The Morgan fingerprint density at radius 2 is 1.95 bits per heavy atom. The van der Waals surface area contributed by atoms with Gasteiger partial charge in [-0.1, -0.05) is 18.2 Å². The van der Waals surface area contributed by atoms with Gasteiger partial charge >= 0.3 is 0 Å². The summed E-state index contributed by atoms with van der Waals surface area (Å²) in [6, 6.07) is 15.7. The Morgan fingerprint density at radius 1 is 1.14 bits per heavy atom. The van der Waals surface area contributed by atoms with Crippen LogP contribution in [-0.4, -0.2) is 21.8 Å². The van der Waals surface area contributed by atoms with Crippen molar-refractivity contribution in [2.45, 2.75) is 0 Å². The Hall–Kier alpha value is -3.15. The average molecular weight is 295 g/mol. The number of benzene rings is 2. The fraction of sp³-hybridized carbons (Fsp3) is 0.0625. The van der Waals surface area contributed by atoms with Gasteiger partial charge in [0.2, 0.25) is 0 Å². The van der Waals surface area contributed by atoms with Crippen LogP contribution in [0.25, 0.3) is 16.9 Å². The van der Waals surface area contributed by atoms with Crippen LogP contribution in [0, 0.1) is 10.1 Å². The van der Waals surface area contributed by atoms with E-state index >= 15 is 0 Å². The average Bonchev–Trinajstić information content (AvgIpc) is 3.04. The molecule has 6 heteroatoms. The van der Waals surface area contributed by atoms with E-state index in [1.165, 1.54) is 6.07 Å². The van der Waals surface area contributed by atoms with E-state index in [1.807, 2.05) is 24.3 Å². The minimum Gasteiger partial charge on any atom is -0.497 e. The van der Waals surface area contributed by atoms with Crippen molar-refractivity contribution in [1.29, 1.82) is 0 Å². The van der Waals surface area contributed by atoms with Gasteiger partial charge in [-0.05, 0) is 24.3 Å². The molecule has 0 radical (unpaired) electrons. The van der Waals surface area contributed by atoms with Gasteiger partial charge in [-0.2, -0.15) is 5.10 Å². The standard InChI is InChI=1S/C16H13N3O3/c1-22-13-6-4-5-12(11-13)18-15(9-10-17-18)14-7-2-3-8-16(14)19(20)21/h2-11H,1H3. The van der Waals surface area contributed by atoms with Gasteiger partial charge in [0.05, 0.1) is 35.2 Å². The quantitative estimate of drug-likeness (QED) is 0.546. The summed E-state index contributed by atoms with van der Waals surface area (Å²) in [5.41, 5.74) is 2.00. The first kappa shape index (κ1) is 13.8. The fourth-order valence-electron chi connectivity index (χ4n) is 2.30. The molecule has 110 valence electrons. The van der Waals surface area contributed by atoms with Crippen LogP contribution in [-0.2, 0) is 0 Å². The van der Waals surface area contributed by atoms with Crippen LogP contribution in [0.1, 0.15) is 0 Å². The Labute approximate surface area is 126 Å². The number of hydrogen-bond donors (Lipinski definition) is 0. The van der Waals surface area contributed by atoms with Crippen LogP contribution in [0.5, 0.6) is 5.75 Å². The van der Waals surface area contributed by atoms with Gasteiger partial charge in [-0.15, -0.1) is 0 Å². The molecular formula is C16H13N3O3. The van der Waals surface area contributed by atoms with Crippen molar-refractivity contribution in [2.75, 3.05) is 7.11 Å². The summed E-state index contributed by atoms with van der Waals surface area (Å²) >= 11 is 0. The van der Waals surface area contributed by atoms with Gasteiger partial charge in [0.15, 0.2) is 0 Å². The van der Waals surface area contributed by atoms with Crippen LogP contribution in [0.15, 0.2) is 60.8 Å². The molecule has 1 heterocycles. The highest BCUT2D eigenvalue weighted by Crippen LogP contribution is 2.31. The van der Waals surface area contributed by atoms with Gasteiger partial charge in [0.25, 0.3) is 5.69 Å². The van der Waals surface area contributed by atoms with Gasteiger partial charge in [-0.25, -0.2) is 4.68 Å². The molecule has 0 aliphatic rings. The minimum atomic E-state index is -0.391. The van der Waals surface area contributed by atoms with E-state index in [-0.39, 0.29) is 5.69 Å². The zero-order valence-corrected chi connectivity index (χ0v) is 11.8. The highest BCUT2D eigenvalue weighted by atomic mass is 16.6. The first-order chi connectivity index (χ1) is 10.7. The van der Waals surface area contributed by atoms with E-state index < -0.39 is 4.92 Å². The molecule has 0 aliphatic heterocycles. The van der Waals surface area contributed by atoms with Crippen molar-refractivity contribution in [2.24, 2.45) is 0 Å². The summed E-state index contributed by atoms with van der Waals surface area (Å²) in [6.07, 6.45) is 1.62. The van der Waals surface area contributed by atoms with Crippen molar-refractivity contribution in [3.8, 4) is 22.7 Å². The van der Waals surface area contributed by atoms with Gasteiger partial charge in [0, 0.05) is 12.1 Å². The molecular weight excluding hydrogens is 282 g/mol. The Bertz CT molecular complexity index is 827. The first-order valence-corrected chi connectivity index (χ1v) is 6.63. The first-order valence-electron chi connectivity index (χ1n) is 6.63. The van der Waals surface area contributed by atoms with Crippen molar-refractivity contribution in [3.05, 3.63) is 70.9 Å². The van der Waals surface area contributed by atoms with Crippen LogP contribution < -0.4 is 4.74 Å². The normalized spacial score (nSPS) is 10.4. The molecule has 0 amide bonds. The third kappa shape index (κ3) is 2.42.